The molecule has 0 unspecified atom stereocenters. The molecule has 2 aromatic heterocycles. The fourth-order valence-electron chi connectivity index (χ4n) is 2.17. The van der Waals surface area contributed by atoms with Crippen molar-refractivity contribution in [1.82, 2.24) is 9.97 Å². The Balaban J connectivity index is 2.16. The van der Waals surface area contributed by atoms with E-state index in [0.29, 0.717) is 11.3 Å². The molecule has 0 bridgehead atoms. The van der Waals surface area contributed by atoms with Crippen molar-refractivity contribution < 1.29 is 12.8 Å². The van der Waals surface area contributed by atoms with E-state index in [1.807, 2.05) is 13.0 Å². The zero-order valence-electron chi connectivity index (χ0n) is 11.2. The summed E-state index contributed by atoms with van der Waals surface area (Å²) < 4.78 is 28.5. The molecule has 3 rings (SSSR count). The van der Waals surface area contributed by atoms with Crippen LogP contribution in [0.1, 0.15) is 12.7 Å². The Morgan fingerprint density at radius 3 is 2.80 bits per heavy atom. The molecule has 0 spiro atoms. The average molecular weight is 290 g/mol. The van der Waals surface area contributed by atoms with Crippen LogP contribution in [0.4, 0.5) is 0 Å². The van der Waals surface area contributed by atoms with Crippen molar-refractivity contribution in [2.75, 3.05) is 6.26 Å². The predicted octanol–water partition coefficient (Wildman–Crippen LogP) is 2.79. The molecule has 0 amide bonds. The van der Waals surface area contributed by atoms with Gasteiger partial charge in [0.15, 0.2) is 9.84 Å². The van der Waals surface area contributed by atoms with Crippen molar-refractivity contribution in [1.29, 1.82) is 0 Å². The molecule has 3 aromatic rings. The van der Waals surface area contributed by atoms with E-state index in [-0.39, 0.29) is 4.90 Å². The van der Waals surface area contributed by atoms with E-state index in [1.54, 1.807) is 24.5 Å². The third-order valence-electron chi connectivity index (χ3n) is 3.20. The highest BCUT2D eigenvalue weighted by molar-refractivity contribution is 7.90. The maximum Gasteiger partial charge on any atom is 0.175 e. The molecule has 0 aliphatic rings. The number of H-pyrrole nitrogens is 1. The Bertz CT molecular complexity index is 875. The topological polar surface area (TPSA) is 76.0 Å². The largest absolute Gasteiger partial charge is 0.469 e. The Labute approximate surface area is 116 Å². The first-order valence-electron chi connectivity index (χ1n) is 6.25. The first kappa shape index (κ1) is 12.9. The summed E-state index contributed by atoms with van der Waals surface area (Å²) in [6.07, 6.45) is 3.59. The molecule has 2 heterocycles. The van der Waals surface area contributed by atoms with Gasteiger partial charge in [0.1, 0.15) is 11.6 Å². The fraction of sp³-hybridized carbons (Fsp3) is 0.214. The lowest BCUT2D eigenvalue weighted by Gasteiger charge is -1.96. The highest BCUT2D eigenvalue weighted by Crippen LogP contribution is 2.26. The number of aromatic nitrogens is 2. The predicted molar refractivity (Wildman–Crippen MR) is 76.3 cm³/mol. The standard InChI is InChI=1S/C14H14N2O3S/c1-3-13-10(6-7-19-13)14-15-11-5-4-9(20(2,17)18)8-12(11)16-14/h4-8H,3H2,1-2H3,(H,15,16). The van der Waals surface area contributed by atoms with E-state index in [2.05, 4.69) is 9.97 Å². The molecule has 6 heteroatoms. The first-order valence-corrected chi connectivity index (χ1v) is 8.14. The third kappa shape index (κ3) is 2.12. The molecule has 0 saturated heterocycles. The van der Waals surface area contributed by atoms with Gasteiger partial charge >= 0.3 is 0 Å². The molecule has 0 fully saturated rings. The van der Waals surface area contributed by atoms with Crippen molar-refractivity contribution in [2.24, 2.45) is 0 Å². The smallest absolute Gasteiger partial charge is 0.175 e. The second-order valence-corrected chi connectivity index (χ2v) is 6.66. The molecule has 0 radical (unpaired) electrons. The SMILES string of the molecule is CCc1occc1-c1nc2ccc(S(C)(=O)=O)cc2[nH]1. The van der Waals surface area contributed by atoms with Crippen molar-refractivity contribution in [3.05, 3.63) is 36.3 Å². The van der Waals surface area contributed by atoms with E-state index in [9.17, 15) is 8.42 Å². The van der Waals surface area contributed by atoms with Gasteiger partial charge in [-0.2, -0.15) is 0 Å². The van der Waals surface area contributed by atoms with Gasteiger partial charge in [-0.05, 0) is 24.3 Å². The van der Waals surface area contributed by atoms with Crippen molar-refractivity contribution in [2.45, 2.75) is 18.2 Å². The van der Waals surface area contributed by atoms with Crippen LogP contribution in [-0.4, -0.2) is 24.6 Å². The number of furan rings is 1. The highest BCUT2D eigenvalue weighted by atomic mass is 32.2. The number of fused-ring (bicyclic) bond motifs is 1. The summed E-state index contributed by atoms with van der Waals surface area (Å²) in [6.45, 7) is 2.01. The number of aryl methyl sites for hydroxylation is 1. The normalized spacial score (nSPS) is 12.1. The Kier molecular flexibility index (Phi) is 2.90. The lowest BCUT2D eigenvalue weighted by Crippen LogP contribution is -1.96. The van der Waals surface area contributed by atoms with Crippen molar-refractivity contribution in [3.63, 3.8) is 0 Å². The zero-order valence-corrected chi connectivity index (χ0v) is 12.0. The second kappa shape index (κ2) is 4.49. The molecule has 0 saturated carbocycles. The van der Waals surface area contributed by atoms with Crippen LogP contribution >= 0.6 is 0 Å². The number of hydrogen-bond donors (Lipinski definition) is 1. The van der Waals surface area contributed by atoms with Gasteiger partial charge in [0.2, 0.25) is 0 Å². The molecule has 0 aliphatic carbocycles. The molecule has 0 atom stereocenters. The van der Waals surface area contributed by atoms with Gasteiger partial charge in [-0.25, -0.2) is 13.4 Å². The van der Waals surface area contributed by atoms with Gasteiger partial charge in [0.05, 0.1) is 27.8 Å². The molecule has 1 aromatic carbocycles. The van der Waals surface area contributed by atoms with Crippen LogP contribution < -0.4 is 0 Å². The number of aromatic amines is 1. The van der Waals surface area contributed by atoms with E-state index in [0.717, 1.165) is 23.3 Å². The number of nitrogens with one attached hydrogen (secondary N) is 1. The monoisotopic (exact) mass is 290 g/mol. The number of sulfone groups is 1. The maximum absolute atomic E-state index is 11.6. The van der Waals surface area contributed by atoms with Gasteiger partial charge in [-0.3, -0.25) is 0 Å². The van der Waals surface area contributed by atoms with Crippen LogP contribution in [0, 0.1) is 0 Å². The minimum Gasteiger partial charge on any atom is -0.469 e. The van der Waals surface area contributed by atoms with Gasteiger partial charge < -0.3 is 9.40 Å². The zero-order chi connectivity index (χ0) is 14.3. The number of benzene rings is 1. The average Bonchev–Trinajstić information content (AvgIpc) is 3.02. The molecular weight excluding hydrogens is 276 g/mol. The molecular formula is C14H14N2O3S. The maximum atomic E-state index is 11.6. The second-order valence-electron chi connectivity index (χ2n) is 4.65. The quantitative estimate of drug-likeness (QED) is 0.804. The first-order chi connectivity index (χ1) is 9.49. The van der Waals surface area contributed by atoms with Gasteiger partial charge in [-0.1, -0.05) is 6.92 Å². The Morgan fingerprint density at radius 2 is 2.10 bits per heavy atom. The minimum atomic E-state index is -3.22. The van der Waals surface area contributed by atoms with Gasteiger partial charge in [0.25, 0.3) is 0 Å². The van der Waals surface area contributed by atoms with E-state index in [1.165, 1.54) is 6.26 Å². The fourth-order valence-corrected chi connectivity index (χ4v) is 2.82. The van der Waals surface area contributed by atoms with Crippen LogP contribution in [0.3, 0.4) is 0 Å². The summed E-state index contributed by atoms with van der Waals surface area (Å²) >= 11 is 0. The summed E-state index contributed by atoms with van der Waals surface area (Å²) in [5.74, 6) is 1.55. The van der Waals surface area contributed by atoms with E-state index in [4.69, 9.17) is 4.42 Å². The third-order valence-corrected chi connectivity index (χ3v) is 4.31. The minimum absolute atomic E-state index is 0.281. The summed E-state index contributed by atoms with van der Waals surface area (Å²) in [5.41, 5.74) is 2.34. The van der Waals surface area contributed by atoms with Crippen molar-refractivity contribution in [3.8, 4) is 11.4 Å². The van der Waals surface area contributed by atoms with Crippen LogP contribution in [0.2, 0.25) is 0 Å². The highest BCUT2D eigenvalue weighted by Gasteiger charge is 2.13. The Hall–Kier alpha value is -2.08. The Morgan fingerprint density at radius 1 is 1.30 bits per heavy atom. The van der Waals surface area contributed by atoms with E-state index >= 15 is 0 Å². The lowest BCUT2D eigenvalue weighted by molar-refractivity contribution is 0.517. The van der Waals surface area contributed by atoms with Gasteiger partial charge in [-0.15, -0.1) is 0 Å². The summed E-state index contributed by atoms with van der Waals surface area (Å²) in [5, 5.41) is 0. The van der Waals surface area contributed by atoms with E-state index < -0.39 is 9.84 Å². The van der Waals surface area contributed by atoms with Crippen LogP contribution in [-0.2, 0) is 16.3 Å². The van der Waals surface area contributed by atoms with Gasteiger partial charge in [0, 0.05) is 12.7 Å². The van der Waals surface area contributed by atoms with Crippen LogP contribution in [0.25, 0.3) is 22.4 Å². The van der Waals surface area contributed by atoms with Crippen LogP contribution in [0.15, 0.2) is 39.8 Å². The van der Waals surface area contributed by atoms with Crippen molar-refractivity contribution >= 4 is 20.9 Å². The molecule has 1 N–H and O–H groups in total. The number of rotatable bonds is 3. The number of nitrogens with zero attached hydrogens (tertiary/aromatic N) is 1. The summed E-state index contributed by atoms with van der Waals surface area (Å²) in [7, 11) is -3.22. The molecule has 20 heavy (non-hydrogen) atoms. The number of hydrogen-bond acceptors (Lipinski definition) is 4. The molecule has 0 aliphatic heterocycles. The lowest BCUT2D eigenvalue weighted by atomic mass is 10.2. The van der Waals surface area contributed by atoms with Crippen LogP contribution in [0.5, 0.6) is 0 Å². The summed E-state index contributed by atoms with van der Waals surface area (Å²) in [6, 6.07) is 6.73. The summed E-state index contributed by atoms with van der Waals surface area (Å²) in [4.78, 5) is 7.91. The number of imidazole rings is 1. The molecule has 5 nitrogen and oxygen atoms in total. The molecule has 104 valence electrons.